The van der Waals surface area contributed by atoms with E-state index in [0.717, 1.165) is 95.0 Å². The Morgan fingerprint density at radius 3 is 1.22 bits per heavy atom. The van der Waals surface area contributed by atoms with Crippen molar-refractivity contribution in [3.63, 3.8) is 0 Å². The molecule has 8 aromatic rings. The monoisotopic (exact) mass is 920 g/mol. The van der Waals surface area contributed by atoms with E-state index in [1.54, 1.807) is 0 Å². The zero-order valence-corrected chi connectivity index (χ0v) is 39.3. The maximum atomic E-state index is 9.18. The molecular formula is C56H44N10S2. The Kier molecular flexibility index (Phi) is 12.5. The third-order valence-electron chi connectivity index (χ3n) is 11.7. The second-order valence-corrected chi connectivity index (χ2v) is 18.7. The molecule has 8 bridgehead atoms. The van der Waals surface area contributed by atoms with E-state index in [4.69, 9.17) is 19.9 Å². The van der Waals surface area contributed by atoms with Crippen molar-refractivity contribution in [3.8, 4) is 56.6 Å². The Labute approximate surface area is 403 Å². The first-order valence-corrected chi connectivity index (χ1v) is 24.3. The summed E-state index contributed by atoms with van der Waals surface area (Å²) >= 11 is 2.80. The molecule has 0 fully saturated rings. The van der Waals surface area contributed by atoms with Crippen molar-refractivity contribution < 1.29 is 0 Å². The van der Waals surface area contributed by atoms with Gasteiger partial charge in [-0.1, -0.05) is 125 Å². The van der Waals surface area contributed by atoms with Gasteiger partial charge in [0.15, 0.2) is 10.3 Å². The molecule has 4 aromatic carbocycles. The van der Waals surface area contributed by atoms with E-state index in [0.29, 0.717) is 40.6 Å². The lowest BCUT2D eigenvalue weighted by molar-refractivity contribution is 0.810. The van der Waals surface area contributed by atoms with Gasteiger partial charge in [-0.2, -0.15) is 25.5 Å². The number of aromatic nitrogens is 7. The van der Waals surface area contributed by atoms with E-state index >= 15 is 0 Å². The summed E-state index contributed by atoms with van der Waals surface area (Å²) in [6, 6.07) is 47.0. The number of H-pyrrole nitrogens is 2. The molecule has 0 aliphatic carbocycles. The number of hydrogen-bond donors (Lipinski definition) is 3. The van der Waals surface area contributed by atoms with Crippen LogP contribution in [0.25, 0.3) is 90.9 Å². The fourth-order valence-electron chi connectivity index (χ4n) is 8.36. The molecule has 6 heterocycles. The molecule has 12 heteroatoms. The molecule has 0 amide bonds. The van der Waals surface area contributed by atoms with E-state index in [9.17, 15) is 10.5 Å². The molecule has 2 aliphatic rings. The fraction of sp³-hybridized carbons (Fsp3) is 0.125. The lowest BCUT2D eigenvalue weighted by Gasteiger charge is -2.11. The topological polar surface area (TPSA) is 156 Å². The van der Waals surface area contributed by atoms with Crippen LogP contribution in [0, 0.1) is 43.4 Å². The van der Waals surface area contributed by atoms with Crippen molar-refractivity contribution in [1.29, 1.82) is 10.5 Å². The van der Waals surface area contributed by atoms with Crippen LogP contribution in [-0.2, 0) is 0 Å². The van der Waals surface area contributed by atoms with Gasteiger partial charge in [-0.3, -0.25) is 0 Å². The highest BCUT2D eigenvalue weighted by Crippen LogP contribution is 2.39. The molecule has 4 aromatic heterocycles. The van der Waals surface area contributed by atoms with Gasteiger partial charge >= 0.3 is 0 Å². The number of nitrogens with zero attached hydrogens (tertiary/aromatic N) is 7. The molecule has 2 aliphatic heterocycles. The van der Waals surface area contributed by atoms with Crippen molar-refractivity contribution in [2.45, 2.75) is 43.9 Å². The molecule has 10 rings (SSSR count). The fourth-order valence-corrected chi connectivity index (χ4v) is 9.78. The van der Waals surface area contributed by atoms with Crippen LogP contribution in [0.1, 0.15) is 52.3 Å². The van der Waals surface area contributed by atoms with Crippen molar-refractivity contribution in [1.82, 2.24) is 34.9 Å². The van der Waals surface area contributed by atoms with Crippen LogP contribution in [-0.4, -0.2) is 46.4 Å². The number of aromatic amines is 2. The van der Waals surface area contributed by atoms with E-state index in [-0.39, 0.29) is 0 Å². The predicted octanol–water partition coefficient (Wildman–Crippen LogP) is 14.2. The van der Waals surface area contributed by atoms with Gasteiger partial charge in [-0.05, 0) is 104 Å². The highest BCUT2D eigenvalue weighted by atomic mass is 32.2. The summed E-state index contributed by atoms with van der Waals surface area (Å²) in [7, 11) is 0. The van der Waals surface area contributed by atoms with Gasteiger partial charge in [0.25, 0.3) is 0 Å². The van der Waals surface area contributed by atoms with Crippen LogP contribution in [0.4, 0.5) is 11.6 Å². The molecule has 0 saturated carbocycles. The molecule has 330 valence electrons. The first-order valence-electron chi connectivity index (χ1n) is 22.3. The van der Waals surface area contributed by atoms with E-state index < -0.39 is 0 Å². The Morgan fingerprint density at radius 1 is 0.456 bits per heavy atom. The van der Waals surface area contributed by atoms with Gasteiger partial charge in [0, 0.05) is 74.4 Å². The van der Waals surface area contributed by atoms with E-state index in [1.165, 1.54) is 40.2 Å². The Bertz CT molecular complexity index is 3460. The first-order chi connectivity index (χ1) is 33.3. The summed E-state index contributed by atoms with van der Waals surface area (Å²) in [5, 5.41) is 22.8. The third-order valence-corrected chi connectivity index (χ3v) is 13.4. The lowest BCUT2D eigenvalue weighted by atomic mass is 10.0. The molecule has 0 unspecified atom stereocenters. The molecule has 0 atom stereocenters. The average Bonchev–Trinajstić information content (AvgIpc) is 4.20. The van der Waals surface area contributed by atoms with Gasteiger partial charge in [-0.25, -0.2) is 9.97 Å². The Morgan fingerprint density at radius 2 is 0.838 bits per heavy atom. The molecule has 68 heavy (non-hydrogen) atoms. The maximum absolute atomic E-state index is 9.18. The number of anilines is 2. The lowest BCUT2D eigenvalue weighted by Crippen LogP contribution is -2.03. The van der Waals surface area contributed by atoms with Crippen LogP contribution in [0.3, 0.4) is 0 Å². The minimum atomic E-state index is 0.368. The highest BCUT2D eigenvalue weighted by Gasteiger charge is 2.20. The summed E-state index contributed by atoms with van der Waals surface area (Å²) in [6.07, 6.45) is 9.19. The smallest absolute Gasteiger partial charge is 0.232 e. The van der Waals surface area contributed by atoms with Gasteiger partial charge < -0.3 is 15.3 Å². The number of benzene rings is 4. The number of aryl methyl sites for hydroxylation is 3. The van der Waals surface area contributed by atoms with Gasteiger partial charge in [0.1, 0.15) is 0 Å². The van der Waals surface area contributed by atoms with Crippen molar-refractivity contribution >= 4 is 81.5 Å². The minimum Gasteiger partial charge on any atom is -0.354 e. The third kappa shape index (κ3) is 9.33. The molecule has 10 nitrogen and oxygen atoms in total. The van der Waals surface area contributed by atoms with Crippen LogP contribution in [0.2, 0.25) is 0 Å². The van der Waals surface area contributed by atoms with Gasteiger partial charge in [-0.15, -0.1) is 0 Å². The summed E-state index contributed by atoms with van der Waals surface area (Å²) in [4.78, 5) is 32.7. The predicted molar refractivity (Wildman–Crippen MR) is 280 cm³/mol. The SMILES string of the molecule is Cc1ccc(-c2c3nc(c(-c4ccc(C)cc4)c4ccc([nH]4)c(-c4cccc(Nc5nc(SCCC#N)nc(SCCC#N)n5)c4)c4nc(c(-c5ccc(C)cc5)c5ccc2[nH]5)C=C4)C=C3)cc1. The second kappa shape index (κ2) is 19.4. The molecule has 0 saturated heterocycles. The van der Waals surface area contributed by atoms with Crippen molar-refractivity contribution in [3.05, 3.63) is 161 Å². The molecule has 3 N–H and O–H groups in total. The standard InChI is InChI=1S/C56H44N10S2/c1-34-9-15-37(16-10-34)50-42-21-23-44(60-42)51(38-17-11-35(2)12-18-38)46-25-27-48(62-46)53(49-28-26-47(63-49)52(45-24-22-43(50)61-45)39-19-13-36(3)14-20-39)40-7-4-8-41(33-40)59-54-64-55(67-31-5-29-57)66-56(65-54)68-32-6-30-58/h4,7-28,33,60,63H,5-6,31-32H2,1-3H3,(H,59,64,65,66). The Balaban J connectivity index is 1.23. The number of hydrogen-bond acceptors (Lipinski definition) is 10. The summed E-state index contributed by atoms with van der Waals surface area (Å²) in [6.45, 7) is 6.31. The second-order valence-electron chi connectivity index (χ2n) is 16.5. The molecule has 0 radical (unpaired) electrons. The molecular weight excluding hydrogens is 877 g/mol. The van der Waals surface area contributed by atoms with Crippen LogP contribution in [0.5, 0.6) is 0 Å². The number of rotatable bonds is 12. The maximum Gasteiger partial charge on any atom is 0.232 e. The number of thioether (sulfide) groups is 2. The number of nitrogens with one attached hydrogen (secondary N) is 3. The summed E-state index contributed by atoms with van der Waals surface area (Å²) in [5.74, 6) is 1.48. The van der Waals surface area contributed by atoms with Crippen LogP contribution < -0.4 is 5.32 Å². The van der Waals surface area contributed by atoms with E-state index in [2.05, 4.69) is 187 Å². The quantitative estimate of drug-likeness (QED) is 0.0796. The van der Waals surface area contributed by atoms with Crippen molar-refractivity contribution in [2.75, 3.05) is 16.8 Å². The number of nitriles is 2. The first kappa shape index (κ1) is 43.8. The van der Waals surface area contributed by atoms with Crippen LogP contribution in [0.15, 0.2) is 132 Å². The molecule has 0 spiro atoms. The van der Waals surface area contributed by atoms with Crippen LogP contribution >= 0.6 is 23.5 Å². The average molecular weight is 921 g/mol. The zero-order valence-electron chi connectivity index (χ0n) is 37.6. The van der Waals surface area contributed by atoms with E-state index in [1.807, 2.05) is 12.1 Å². The largest absolute Gasteiger partial charge is 0.354 e. The van der Waals surface area contributed by atoms with Crippen molar-refractivity contribution in [2.24, 2.45) is 0 Å². The minimum absolute atomic E-state index is 0.368. The van der Waals surface area contributed by atoms with Gasteiger partial charge in [0.2, 0.25) is 5.95 Å². The van der Waals surface area contributed by atoms with Gasteiger partial charge in [0.05, 0.1) is 34.9 Å². The normalized spacial score (nSPS) is 11.7. The summed E-state index contributed by atoms with van der Waals surface area (Å²) < 4.78 is 0. The summed E-state index contributed by atoms with van der Waals surface area (Å²) in [5.41, 5.74) is 19.2. The zero-order chi connectivity index (χ0) is 46.6. The highest BCUT2D eigenvalue weighted by molar-refractivity contribution is 7.99. The number of fused-ring (bicyclic) bond motifs is 8. The Hall–Kier alpha value is -8.03.